The van der Waals surface area contributed by atoms with E-state index in [4.69, 9.17) is 0 Å². The van der Waals surface area contributed by atoms with Crippen molar-refractivity contribution in [1.82, 2.24) is 0 Å². The molecule has 1 atom stereocenters. The van der Waals surface area contributed by atoms with Crippen LogP contribution in [0.1, 0.15) is 16.8 Å². The third-order valence-corrected chi connectivity index (χ3v) is 10.1. The predicted octanol–water partition coefficient (Wildman–Crippen LogP) is 8.31. The number of allylic oxidation sites excluding steroid dienone is 3. The van der Waals surface area contributed by atoms with Gasteiger partial charge in [-0.1, -0.05) is 97.1 Å². The Morgan fingerprint density at radius 1 is 0.543 bits per heavy atom. The first-order valence-electron chi connectivity index (χ1n) is 11.3. The van der Waals surface area contributed by atoms with E-state index >= 15 is 0 Å². The second kappa shape index (κ2) is 10.9. The van der Waals surface area contributed by atoms with E-state index in [2.05, 4.69) is 139 Å². The fourth-order valence-electron chi connectivity index (χ4n) is 4.43. The van der Waals surface area contributed by atoms with Crippen molar-refractivity contribution in [3.05, 3.63) is 150 Å². The molecule has 1 heterocycles. The lowest BCUT2D eigenvalue weighted by molar-refractivity contribution is 0.368. The molecule has 1 unspecified atom stereocenters. The largest absolute Gasteiger partial charge is 0.673 e. The lowest BCUT2D eigenvalue weighted by Gasteiger charge is -2.33. The van der Waals surface area contributed by atoms with E-state index in [1.807, 2.05) is 0 Å². The van der Waals surface area contributed by atoms with Crippen molar-refractivity contribution in [3.63, 3.8) is 0 Å². The quantitative estimate of drug-likeness (QED) is 0.153. The fourth-order valence-corrected chi connectivity index (χ4v) is 8.67. The third kappa shape index (κ3) is 5.99. The topological polar surface area (TPSA) is 0 Å². The molecule has 0 saturated heterocycles. The summed E-state index contributed by atoms with van der Waals surface area (Å²) in [4.78, 5) is 0. The molecule has 0 saturated carbocycles. The maximum Gasteiger partial charge on any atom is 0.673 e. The van der Waals surface area contributed by atoms with Gasteiger partial charge in [0.1, 0.15) is 23.5 Å². The van der Waals surface area contributed by atoms with Crippen LogP contribution in [0.25, 0.3) is 5.57 Å². The Hall–Kier alpha value is -3.43. The number of halogens is 4. The number of hydrogen-bond donors (Lipinski definition) is 0. The monoisotopic (exact) mass is 490 g/mol. The summed E-state index contributed by atoms with van der Waals surface area (Å²) in [7, 11) is -7.84. The van der Waals surface area contributed by atoms with Gasteiger partial charge in [-0.05, 0) is 53.1 Å². The van der Waals surface area contributed by atoms with Gasteiger partial charge in [0, 0.05) is 0 Å². The maximum absolute atomic E-state index is 9.75. The average molecular weight is 490 g/mol. The molecule has 0 fully saturated rings. The second-order valence-electron chi connectivity index (χ2n) is 8.10. The van der Waals surface area contributed by atoms with Crippen molar-refractivity contribution in [2.24, 2.45) is 0 Å². The smallest absolute Gasteiger partial charge is 0.418 e. The van der Waals surface area contributed by atoms with Crippen molar-refractivity contribution >= 4 is 30.7 Å². The number of benzene rings is 4. The average Bonchev–Trinajstić information content (AvgIpc) is 2.89. The molecule has 0 aliphatic carbocycles. The number of rotatable bonds is 4. The van der Waals surface area contributed by atoms with Crippen LogP contribution in [0.5, 0.6) is 0 Å². The molecular formula is C29H24BF4P. The van der Waals surface area contributed by atoms with Crippen LogP contribution < -0.4 is 10.6 Å². The zero-order valence-electron chi connectivity index (χ0n) is 18.9. The van der Waals surface area contributed by atoms with Crippen LogP contribution in [-0.4, -0.2) is 7.25 Å². The van der Waals surface area contributed by atoms with Gasteiger partial charge in [0.05, 0.1) is 5.82 Å². The predicted molar refractivity (Wildman–Crippen MR) is 142 cm³/mol. The van der Waals surface area contributed by atoms with Gasteiger partial charge in [-0.2, -0.15) is 0 Å². The van der Waals surface area contributed by atoms with Crippen LogP contribution in [0, 0.1) is 0 Å². The van der Waals surface area contributed by atoms with E-state index in [0.29, 0.717) is 5.66 Å². The molecule has 5 rings (SSSR count). The van der Waals surface area contributed by atoms with Crippen LogP contribution in [0.15, 0.2) is 139 Å². The van der Waals surface area contributed by atoms with Crippen molar-refractivity contribution in [2.75, 3.05) is 0 Å². The number of hydrogen-bond acceptors (Lipinski definition) is 0. The van der Waals surface area contributed by atoms with E-state index in [-0.39, 0.29) is 0 Å². The maximum atomic E-state index is 9.75. The summed E-state index contributed by atoms with van der Waals surface area (Å²) in [5, 5.41) is 2.84. The summed E-state index contributed by atoms with van der Waals surface area (Å²) in [6, 6.07) is 43.9. The van der Waals surface area contributed by atoms with Crippen molar-refractivity contribution in [1.29, 1.82) is 0 Å². The van der Waals surface area contributed by atoms with Crippen LogP contribution in [0.4, 0.5) is 17.3 Å². The van der Waals surface area contributed by atoms with Gasteiger partial charge < -0.3 is 17.3 Å². The molecule has 6 heteroatoms. The summed E-state index contributed by atoms with van der Waals surface area (Å²) in [6.07, 6.45) is 4.85. The van der Waals surface area contributed by atoms with Gasteiger partial charge in [-0.25, -0.2) is 0 Å². The highest BCUT2D eigenvalue weighted by Gasteiger charge is 2.49. The molecule has 1 aliphatic rings. The standard InChI is InChI=1S/C29H24P.BF4/c1-5-13-24(14-6-1)26-21-22-30(27-17-9-3-10-18-27,28-19-11-4-12-20-28)29(23-26)25-15-7-2-8-16-25;2-1(3,4)5/h1-23,29H;/q+1;-1. The molecule has 0 radical (unpaired) electrons. The van der Waals surface area contributed by atoms with E-state index < -0.39 is 14.5 Å². The molecule has 0 nitrogen and oxygen atoms in total. The lowest BCUT2D eigenvalue weighted by atomic mass is 10.0. The van der Waals surface area contributed by atoms with Crippen LogP contribution in [0.3, 0.4) is 0 Å². The van der Waals surface area contributed by atoms with Gasteiger partial charge >= 0.3 is 7.25 Å². The zero-order chi connectivity index (χ0) is 24.7. The van der Waals surface area contributed by atoms with Gasteiger partial charge in [0.15, 0.2) is 0 Å². The van der Waals surface area contributed by atoms with Crippen LogP contribution in [-0.2, 0) is 0 Å². The first-order valence-corrected chi connectivity index (χ1v) is 13.2. The molecule has 4 aromatic rings. The lowest BCUT2D eigenvalue weighted by Crippen LogP contribution is -2.26. The normalized spacial score (nSPS) is 16.6. The minimum Gasteiger partial charge on any atom is -0.418 e. The molecule has 0 spiro atoms. The van der Waals surface area contributed by atoms with Crippen molar-refractivity contribution in [3.8, 4) is 0 Å². The van der Waals surface area contributed by atoms with Crippen molar-refractivity contribution < 1.29 is 17.3 Å². The first-order chi connectivity index (χ1) is 16.9. The second-order valence-corrected chi connectivity index (χ2v) is 11.5. The Kier molecular flexibility index (Phi) is 7.68. The SMILES string of the molecule is C1=C[P+](c2ccccc2)(c2ccccc2)C(c2ccccc2)C=C1c1ccccc1.F[B-](F)(F)F. The molecule has 1 aliphatic heterocycles. The summed E-state index contributed by atoms with van der Waals surface area (Å²) >= 11 is 0. The van der Waals surface area contributed by atoms with Gasteiger partial charge in [-0.3, -0.25) is 0 Å². The zero-order valence-corrected chi connectivity index (χ0v) is 19.8. The van der Waals surface area contributed by atoms with Gasteiger partial charge in [0.25, 0.3) is 0 Å². The molecule has 176 valence electrons. The van der Waals surface area contributed by atoms with Crippen LogP contribution >= 0.6 is 7.26 Å². The molecule has 35 heavy (non-hydrogen) atoms. The Morgan fingerprint density at radius 3 is 1.40 bits per heavy atom. The van der Waals surface area contributed by atoms with E-state index in [1.165, 1.54) is 27.3 Å². The van der Waals surface area contributed by atoms with E-state index in [0.717, 1.165) is 0 Å². The van der Waals surface area contributed by atoms with E-state index in [9.17, 15) is 17.3 Å². The Morgan fingerprint density at radius 2 is 0.943 bits per heavy atom. The van der Waals surface area contributed by atoms with Gasteiger partial charge in [0.2, 0.25) is 0 Å². The molecular weight excluding hydrogens is 466 g/mol. The summed E-state index contributed by atoms with van der Waals surface area (Å²) < 4.78 is 39.0. The minimum absolute atomic E-state index is 0.295. The Labute approximate surface area is 204 Å². The summed E-state index contributed by atoms with van der Waals surface area (Å²) in [5.74, 6) is 2.53. The van der Waals surface area contributed by atoms with Crippen LogP contribution in [0.2, 0.25) is 0 Å². The molecule has 0 amide bonds. The highest BCUT2D eigenvalue weighted by molar-refractivity contribution is 7.92. The highest BCUT2D eigenvalue weighted by Crippen LogP contribution is 2.71. The molecule has 0 bridgehead atoms. The Balaban J connectivity index is 0.000000527. The molecule has 0 N–H and O–H groups in total. The molecule has 4 aromatic carbocycles. The minimum atomic E-state index is -6.00. The van der Waals surface area contributed by atoms with Gasteiger partial charge in [-0.15, -0.1) is 0 Å². The summed E-state index contributed by atoms with van der Waals surface area (Å²) in [6.45, 7) is 0. The van der Waals surface area contributed by atoms with Crippen molar-refractivity contribution in [2.45, 2.75) is 5.66 Å². The molecule has 0 aromatic heterocycles. The third-order valence-electron chi connectivity index (χ3n) is 5.88. The van der Waals surface area contributed by atoms with E-state index in [1.54, 1.807) is 0 Å². The summed E-state index contributed by atoms with van der Waals surface area (Å²) in [5.41, 5.74) is 4.24. The first kappa shape index (κ1) is 24.7. The fraction of sp³-hybridized carbons (Fsp3) is 0.0345. The Bertz CT molecular complexity index is 1230. The highest BCUT2D eigenvalue weighted by atomic mass is 31.2.